The second-order valence-corrected chi connectivity index (χ2v) is 14.9. The minimum absolute atomic E-state index is 0.583. The Balaban J connectivity index is 1.18. The van der Waals surface area contributed by atoms with E-state index < -0.39 is 5.41 Å². The smallest absolute Gasteiger partial charge is 0.0733 e. The summed E-state index contributed by atoms with van der Waals surface area (Å²) in [4.78, 5) is 2.47. The van der Waals surface area contributed by atoms with E-state index in [0.29, 0.717) is 0 Å². The zero-order valence-corrected chi connectivity index (χ0v) is 31.7. The minimum Gasteiger partial charge on any atom is -0.355 e. The van der Waals surface area contributed by atoms with E-state index in [1.54, 1.807) is 0 Å². The molecule has 10 rings (SSSR count). The van der Waals surface area contributed by atoms with Gasteiger partial charge in [-0.25, -0.2) is 0 Å². The first kappa shape index (κ1) is 34.3. The van der Waals surface area contributed by atoms with E-state index in [2.05, 4.69) is 235 Å². The number of hydrogen-bond acceptors (Lipinski definition) is 2. The lowest BCUT2D eigenvalue weighted by Crippen LogP contribution is -2.29. The third-order valence-electron chi connectivity index (χ3n) is 11.7. The molecule has 0 heterocycles. The van der Waals surface area contributed by atoms with Gasteiger partial charge in [0.25, 0.3) is 0 Å². The van der Waals surface area contributed by atoms with Gasteiger partial charge in [0.1, 0.15) is 0 Å². The molecular formula is C55H42N2. The predicted molar refractivity (Wildman–Crippen MR) is 239 cm³/mol. The summed E-state index contributed by atoms with van der Waals surface area (Å²) in [5.74, 6) is 0. The van der Waals surface area contributed by atoms with E-state index in [-0.39, 0.29) is 0 Å². The molecule has 2 aliphatic rings. The number of allylic oxidation sites excluding steroid dienone is 4. The van der Waals surface area contributed by atoms with Crippen molar-refractivity contribution in [2.45, 2.75) is 18.3 Å². The normalized spacial score (nSPS) is 15.5. The number of para-hydroxylation sites is 4. The van der Waals surface area contributed by atoms with E-state index in [1.165, 1.54) is 67.0 Å². The van der Waals surface area contributed by atoms with Crippen molar-refractivity contribution in [3.05, 3.63) is 258 Å². The number of anilines is 4. The Hall–Kier alpha value is -7.16. The molecule has 1 unspecified atom stereocenters. The summed E-state index contributed by atoms with van der Waals surface area (Å²) >= 11 is 0. The number of benzene rings is 8. The highest BCUT2D eigenvalue weighted by molar-refractivity contribution is 5.92. The molecule has 0 amide bonds. The quantitative estimate of drug-likeness (QED) is 0.159. The fraction of sp³-hybridized carbons (Fsp3) is 0.0545. The monoisotopic (exact) mass is 730 g/mol. The van der Waals surface area contributed by atoms with Crippen molar-refractivity contribution in [1.29, 1.82) is 0 Å². The molecule has 2 nitrogen and oxygen atoms in total. The van der Waals surface area contributed by atoms with Gasteiger partial charge < -0.3 is 10.2 Å². The lowest BCUT2D eigenvalue weighted by molar-refractivity contribution is 0.771. The zero-order valence-electron chi connectivity index (χ0n) is 31.7. The van der Waals surface area contributed by atoms with Crippen molar-refractivity contribution in [2.75, 3.05) is 10.2 Å². The van der Waals surface area contributed by atoms with E-state index in [4.69, 9.17) is 0 Å². The maximum atomic E-state index is 3.83. The van der Waals surface area contributed by atoms with Gasteiger partial charge in [-0.15, -0.1) is 0 Å². The molecule has 2 aliphatic carbocycles. The van der Waals surface area contributed by atoms with Gasteiger partial charge in [-0.2, -0.15) is 0 Å². The highest BCUT2D eigenvalue weighted by Crippen LogP contribution is 2.58. The molecule has 0 saturated heterocycles. The average Bonchev–Trinajstić information content (AvgIpc) is 3.59. The highest BCUT2D eigenvalue weighted by atomic mass is 15.2. The van der Waals surface area contributed by atoms with Crippen LogP contribution in [-0.2, 0) is 5.41 Å². The van der Waals surface area contributed by atoms with Crippen molar-refractivity contribution in [3.63, 3.8) is 0 Å². The summed E-state index contributed by atoms with van der Waals surface area (Å²) in [7, 11) is 0. The van der Waals surface area contributed by atoms with E-state index in [0.717, 1.165) is 29.9 Å². The van der Waals surface area contributed by atoms with Crippen LogP contribution < -0.4 is 10.2 Å². The second-order valence-electron chi connectivity index (χ2n) is 14.9. The van der Waals surface area contributed by atoms with Crippen molar-refractivity contribution in [2.24, 2.45) is 0 Å². The Kier molecular flexibility index (Phi) is 8.93. The molecule has 8 aromatic rings. The van der Waals surface area contributed by atoms with Crippen LogP contribution in [0.25, 0.3) is 27.8 Å². The number of fused-ring (bicyclic) bond motifs is 3. The zero-order chi connectivity index (χ0) is 38.0. The number of rotatable bonds is 9. The van der Waals surface area contributed by atoms with Crippen LogP contribution in [0, 0.1) is 0 Å². The minimum atomic E-state index is -0.583. The van der Waals surface area contributed by atoms with Gasteiger partial charge in [0.15, 0.2) is 0 Å². The number of nitrogens with one attached hydrogen (secondary N) is 1. The Morgan fingerprint density at radius 2 is 1.02 bits per heavy atom. The molecule has 0 radical (unpaired) electrons. The van der Waals surface area contributed by atoms with Crippen LogP contribution in [0.2, 0.25) is 0 Å². The standard InChI is InChI=1S/C55H42N2/c1-5-19-40(20-6-1)41-33-36-46(37-34-41)57(45-25-11-4-12-26-45)54-32-18-14-27-47(54)42-35-38-49-48-28-13-15-29-50(48)55(52(49)39-42,43-21-7-2-8-22-43)51-30-16-17-31-53(51)56-44-23-9-3-10-24-44/h1-33,35-36,38-39,56H,34,37H2. The third-order valence-corrected chi connectivity index (χ3v) is 11.7. The Bertz CT molecular complexity index is 2750. The molecule has 272 valence electrons. The molecule has 1 atom stereocenters. The van der Waals surface area contributed by atoms with Gasteiger partial charge in [-0.1, -0.05) is 176 Å². The van der Waals surface area contributed by atoms with Crippen LogP contribution in [0.5, 0.6) is 0 Å². The summed E-state index contributed by atoms with van der Waals surface area (Å²) in [5, 5.41) is 3.83. The summed E-state index contributed by atoms with van der Waals surface area (Å²) in [5.41, 5.74) is 17.8. The van der Waals surface area contributed by atoms with E-state index in [9.17, 15) is 0 Å². The van der Waals surface area contributed by atoms with Crippen LogP contribution >= 0.6 is 0 Å². The Labute approximate surface area is 335 Å². The lowest BCUT2D eigenvalue weighted by Gasteiger charge is -2.36. The Morgan fingerprint density at radius 3 is 1.75 bits per heavy atom. The van der Waals surface area contributed by atoms with Gasteiger partial charge in [-0.05, 0) is 111 Å². The third kappa shape index (κ3) is 6.07. The molecule has 0 spiro atoms. The first-order chi connectivity index (χ1) is 28.3. The molecule has 0 saturated carbocycles. The summed E-state index contributed by atoms with van der Waals surface area (Å²) in [6.45, 7) is 0. The summed E-state index contributed by atoms with van der Waals surface area (Å²) in [6.07, 6.45) is 6.56. The van der Waals surface area contributed by atoms with Gasteiger partial charge in [-0.3, -0.25) is 0 Å². The molecule has 57 heavy (non-hydrogen) atoms. The van der Waals surface area contributed by atoms with Gasteiger partial charge in [0, 0.05) is 28.3 Å². The highest BCUT2D eigenvalue weighted by Gasteiger charge is 2.47. The molecule has 1 N–H and O–H groups in total. The van der Waals surface area contributed by atoms with Crippen LogP contribution in [0.3, 0.4) is 0 Å². The van der Waals surface area contributed by atoms with Crippen molar-refractivity contribution in [1.82, 2.24) is 0 Å². The fourth-order valence-corrected chi connectivity index (χ4v) is 9.14. The summed E-state index contributed by atoms with van der Waals surface area (Å²) in [6, 6.07) is 77.1. The largest absolute Gasteiger partial charge is 0.355 e. The number of nitrogens with zero attached hydrogens (tertiary/aromatic N) is 1. The van der Waals surface area contributed by atoms with Gasteiger partial charge in [0.2, 0.25) is 0 Å². The molecular weight excluding hydrogens is 689 g/mol. The van der Waals surface area contributed by atoms with Crippen LogP contribution in [0.4, 0.5) is 22.7 Å². The molecule has 0 fully saturated rings. The first-order valence-electron chi connectivity index (χ1n) is 19.9. The molecule has 0 aliphatic heterocycles. The molecule has 0 aromatic heterocycles. The van der Waals surface area contributed by atoms with Crippen molar-refractivity contribution >= 4 is 28.3 Å². The van der Waals surface area contributed by atoms with Gasteiger partial charge >= 0.3 is 0 Å². The second kappa shape index (κ2) is 14.8. The predicted octanol–water partition coefficient (Wildman–Crippen LogP) is 14.4. The van der Waals surface area contributed by atoms with Crippen molar-refractivity contribution in [3.8, 4) is 22.3 Å². The van der Waals surface area contributed by atoms with Crippen LogP contribution in [-0.4, -0.2) is 0 Å². The van der Waals surface area contributed by atoms with Crippen LogP contribution in [0.15, 0.2) is 230 Å². The first-order valence-corrected chi connectivity index (χ1v) is 19.9. The maximum Gasteiger partial charge on any atom is 0.0733 e. The maximum absolute atomic E-state index is 3.83. The van der Waals surface area contributed by atoms with Gasteiger partial charge in [0.05, 0.1) is 11.1 Å². The van der Waals surface area contributed by atoms with Crippen LogP contribution in [0.1, 0.15) is 40.7 Å². The van der Waals surface area contributed by atoms with E-state index in [1.807, 2.05) is 0 Å². The lowest BCUT2D eigenvalue weighted by atomic mass is 9.67. The number of hydrogen-bond donors (Lipinski definition) is 1. The van der Waals surface area contributed by atoms with E-state index >= 15 is 0 Å². The topological polar surface area (TPSA) is 15.3 Å². The molecule has 2 heteroatoms. The van der Waals surface area contributed by atoms with Crippen molar-refractivity contribution < 1.29 is 0 Å². The fourth-order valence-electron chi connectivity index (χ4n) is 9.14. The Morgan fingerprint density at radius 1 is 0.421 bits per heavy atom. The SMILES string of the molecule is C1=C(c2ccccc2)CCC(N(c2ccccc2)c2ccccc2-c2ccc3c(c2)C(c2ccccc2)(c2ccccc2Nc2ccccc2)c2ccccc2-3)=C1. The molecule has 8 aromatic carbocycles. The average molecular weight is 731 g/mol. The summed E-state index contributed by atoms with van der Waals surface area (Å²) < 4.78 is 0. The molecule has 0 bridgehead atoms.